The molecule has 0 fully saturated rings. The van der Waals surface area contributed by atoms with Crippen LogP contribution < -0.4 is 39.8 Å². The van der Waals surface area contributed by atoms with Gasteiger partial charge in [-0.25, -0.2) is 0 Å². The van der Waals surface area contributed by atoms with Crippen LogP contribution in [-0.4, -0.2) is 11.9 Å². The third-order valence-electron chi connectivity index (χ3n) is 0.440. The first-order chi connectivity index (χ1) is 4.04. The van der Waals surface area contributed by atoms with Gasteiger partial charge in [-0.2, -0.15) is 0 Å². The molecule has 0 bridgehead atoms. The van der Waals surface area contributed by atoms with E-state index in [1.54, 1.807) is 0 Å². The summed E-state index contributed by atoms with van der Waals surface area (Å²) in [6.45, 7) is 0. The predicted molar refractivity (Wildman–Crippen MR) is 25.1 cm³/mol. The summed E-state index contributed by atoms with van der Waals surface area (Å²) in [6.07, 6.45) is 0.233. The molecule has 0 aliphatic heterocycles. The molecule has 0 aliphatic rings. The van der Waals surface area contributed by atoms with Crippen molar-refractivity contribution in [3.05, 3.63) is 11.1 Å². The summed E-state index contributed by atoms with van der Waals surface area (Å²) in [4.78, 5) is 19.2. The molecule has 0 N–H and O–H groups in total. The van der Waals surface area contributed by atoms with Crippen molar-refractivity contribution < 1.29 is 50.8 Å². The van der Waals surface area contributed by atoms with E-state index in [0.717, 1.165) is 0 Å². The summed E-state index contributed by atoms with van der Waals surface area (Å²) < 4.78 is 0. The largest absolute Gasteiger partial charge is 1.00 e. The van der Waals surface area contributed by atoms with Crippen molar-refractivity contribution in [1.29, 1.82) is 0 Å². The molecule has 0 aromatic rings. The van der Waals surface area contributed by atoms with Crippen molar-refractivity contribution in [1.82, 2.24) is 0 Å². The zero-order chi connectivity index (χ0) is 7.44. The number of hydrogen-bond acceptors (Lipinski definition) is 4. The van der Waals surface area contributed by atoms with Crippen LogP contribution in [0.2, 0.25) is 0 Å². The zero-order valence-electron chi connectivity index (χ0n) is 6.09. The normalized spacial score (nSPS) is 9.90. The van der Waals surface area contributed by atoms with E-state index in [-0.39, 0.29) is 37.1 Å². The molecular formula is C4H2ClNaO4. The maximum atomic E-state index is 9.63. The summed E-state index contributed by atoms with van der Waals surface area (Å²) >= 11 is 4.79. The summed E-state index contributed by atoms with van der Waals surface area (Å²) in [5, 5.41) is 18.3. The first-order valence-corrected chi connectivity index (χ1v) is 2.21. The summed E-state index contributed by atoms with van der Waals surface area (Å²) in [6, 6.07) is 0. The van der Waals surface area contributed by atoms with E-state index in [0.29, 0.717) is 0 Å². The minimum Gasteiger partial charge on any atom is -0.545 e. The van der Waals surface area contributed by atoms with Crippen LogP contribution in [0.1, 0.15) is 1.43 Å². The molecule has 0 amide bonds. The van der Waals surface area contributed by atoms with Crippen molar-refractivity contribution in [3.8, 4) is 0 Å². The average molecular weight is 172 g/mol. The van der Waals surface area contributed by atoms with Gasteiger partial charge in [0.15, 0.2) is 0 Å². The number of aliphatic carboxylic acids is 2. The van der Waals surface area contributed by atoms with Crippen molar-refractivity contribution in [3.63, 3.8) is 0 Å². The van der Waals surface area contributed by atoms with E-state index in [4.69, 9.17) is 11.6 Å². The van der Waals surface area contributed by atoms with Gasteiger partial charge in [0.05, 0.1) is 17.0 Å². The number of carbonyl (C=O) groups is 2. The summed E-state index contributed by atoms with van der Waals surface area (Å²) in [5.74, 6) is -3.40. The van der Waals surface area contributed by atoms with Gasteiger partial charge in [-0.15, -0.1) is 0 Å². The quantitative estimate of drug-likeness (QED) is 0.308. The summed E-state index contributed by atoms with van der Waals surface area (Å²) in [7, 11) is 0. The molecule has 0 spiro atoms. The molecule has 0 saturated carbocycles. The third kappa shape index (κ3) is 6.10. The minimum absolute atomic E-state index is 0. The van der Waals surface area contributed by atoms with E-state index in [9.17, 15) is 19.8 Å². The van der Waals surface area contributed by atoms with E-state index in [2.05, 4.69) is 0 Å². The fourth-order valence-corrected chi connectivity index (χ4v) is 0.251. The molecule has 50 valence electrons. The number of rotatable bonds is 2. The molecule has 0 saturated heterocycles. The molecule has 0 aromatic carbocycles. The van der Waals surface area contributed by atoms with Gasteiger partial charge in [0, 0.05) is 0 Å². The standard InChI is InChI=1S/C4H3ClO4.Na/c5-2(4(8)9)1-3(6)7;/h1H,(H,6,7)(H,8,9);/q;+1/p-1/b2-1+;. The maximum Gasteiger partial charge on any atom is 1.00 e. The number of carboxylic acids is 2. The van der Waals surface area contributed by atoms with E-state index in [1.165, 1.54) is 0 Å². The second-order valence-corrected chi connectivity index (χ2v) is 1.51. The molecule has 0 radical (unpaired) electrons. The van der Waals surface area contributed by atoms with Gasteiger partial charge >= 0.3 is 31.0 Å². The van der Waals surface area contributed by atoms with Gasteiger partial charge in [-0.1, -0.05) is 11.6 Å². The smallest absolute Gasteiger partial charge is 0.545 e. The van der Waals surface area contributed by atoms with Gasteiger partial charge in [0.2, 0.25) is 0 Å². The number of carbonyl (C=O) groups excluding carboxylic acids is 2. The average Bonchev–Trinajstić information content (AvgIpc) is 1.63. The monoisotopic (exact) mass is 172 g/mol. The molecule has 4 nitrogen and oxygen atoms in total. The Hall–Kier alpha value is -0.0300. The van der Waals surface area contributed by atoms with Crippen LogP contribution >= 0.6 is 11.6 Å². The molecule has 10 heavy (non-hydrogen) atoms. The molecule has 0 unspecified atom stereocenters. The molecule has 0 aliphatic carbocycles. The fraction of sp³-hybridized carbons (Fsp3) is 0. The Morgan fingerprint density at radius 1 is 1.40 bits per heavy atom. The molecule has 0 atom stereocenters. The van der Waals surface area contributed by atoms with Gasteiger partial charge in [0.25, 0.3) is 0 Å². The zero-order valence-corrected chi connectivity index (χ0v) is 7.84. The van der Waals surface area contributed by atoms with E-state index >= 15 is 0 Å². The molecule has 0 aromatic heterocycles. The second kappa shape index (κ2) is 5.73. The minimum atomic E-state index is -1.74. The first-order valence-electron chi connectivity index (χ1n) is 1.83. The van der Waals surface area contributed by atoms with Gasteiger partial charge in [-0.3, -0.25) is 0 Å². The predicted octanol–water partition coefficient (Wildman–Crippen LogP) is -5.27. The van der Waals surface area contributed by atoms with Crippen molar-refractivity contribution in [2.24, 2.45) is 0 Å². The van der Waals surface area contributed by atoms with Crippen molar-refractivity contribution in [2.75, 3.05) is 0 Å². The SMILES string of the molecule is O=C([O-])/C=C(/Cl)C(=O)[O-].[H+].[Na+]. The Bertz CT molecular complexity index is 181. The Balaban J connectivity index is -0.000000320. The Labute approximate surface area is 85.3 Å². The summed E-state index contributed by atoms with van der Waals surface area (Å²) in [5.41, 5.74) is 0. The molecule has 0 rings (SSSR count). The van der Waals surface area contributed by atoms with Crippen LogP contribution in [0.3, 0.4) is 0 Å². The van der Waals surface area contributed by atoms with Crippen LogP contribution in [0.15, 0.2) is 11.1 Å². The molecule has 0 heterocycles. The van der Waals surface area contributed by atoms with Crippen LogP contribution in [0.5, 0.6) is 0 Å². The molecular weight excluding hydrogens is 170 g/mol. The number of hydrogen-bond donors (Lipinski definition) is 0. The van der Waals surface area contributed by atoms with Crippen LogP contribution in [-0.2, 0) is 9.59 Å². The van der Waals surface area contributed by atoms with Crippen LogP contribution in [0, 0.1) is 0 Å². The Kier molecular flexibility index (Phi) is 7.24. The van der Waals surface area contributed by atoms with Gasteiger partial charge in [-0.05, 0) is 6.08 Å². The number of carboxylic acid groups (broad SMARTS) is 2. The van der Waals surface area contributed by atoms with E-state index in [1.807, 2.05) is 0 Å². The van der Waals surface area contributed by atoms with Crippen LogP contribution in [0.4, 0.5) is 0 Å². The van der Waals surface area contributed by atoms with Crippen LogP contribution in [0.25, 0.3) is 0 Å². The van der Waals surface area contributed by atoms with Crippen molar-refractivity contribution >= 4 is 23.5 Å². The first kappa shape index (κ1) is 12.6. The maximum absolute atomic E-state index is 9.63. The fourth-order valence-electron chi connectivity index (χ4n) is 0.162. The number of halogens is 1. The Morgan fingerprint density at radius 3 is 1.90 bits per heavy atom. The second-order valence-electron chi connectivity index (χ2n) is 1.10. The van der Waals surface area contributed by atoms with Gasteiger partial charge < -0.3 is 19.8 Å². The van der Waals surface area contributed by atoms with E-state index < -0.39 is 17.0 Å². The van der Waals surface area contributed by atoms with Crippen molar-refractivity contribution in [2.45, 2.75) is 0 Å². The third-order valence-corrected chi connectivity index (χ3v) is 0.703. The van der Waals surface area contributed by atoms with Gasteiger partial charge in [0.1, 0.15) is 0 Å². The molecule has 6 heteroatoms. The Morgan fingerprint density at radius 2 is 1.80 bits per heavy atom. The topological polar surface area (TPSA) is 80.3 Å².